The topological polar surface area (TPSA) is 82.2 Å². The maximum atomic E-state index is 12.7. The lowest BCUT2D eigenvalue weighted by atomic mass is 9.56. The Kier molecular flexibility index (Phi) is 6.93. The molecule has 10 heteroatoms. The summed E-state index contributed by atoms with van der Waals surface area (Å²) in [4.78, 5) is 27.6. The molecule has 1 spiro atoms. The molecular formula is C28H31Cl2N5O3. The van der Waals surface area contributed by atoms with Crippen molar-refractivity contribution in [1.29, 1.82) is 0 Å². The monoisotopic (exact) mass is 555 g/mol. The number of aryl methyl sites for hydroxylation is 1. The molecule has 1 saturated carbocycles. The highest BCUT2D eigenvalue weighted by Crippen LogP contribution is 2.53. The fourth-order valence-corrected chi connectivity index (χ4v) is 6.92. The first kappa shape index (κ1) is 25.7. The van der Waals surface area contributed by atoms with Crippen molar-refractivity contribution in [2.24, 2.45) is 18.4 Å². The number of hydrogen-bond acceptors (Lipinski definition) is 6. The fraction of sp³-hybridized carbons (Fsp3) is 0.500. The minimum atomic E-state index is -0.321. The lowest BCUT2D eigenvalue weighted by molar-refractivity contribution is -0.0881. The summed E-state index contributed by atoms with van der Waals surface area (Å²) in [5.74, 6) is 0.602. The van der Waals surface area contributed by atoms with Gasteiger partial charge in [-0.1, -0.05) is 41.4 Å². The molecule has 2 aliphatic heterocycles. The van der Waals surface area contributed by atoms with Crippen LogP contribution in [0.15, 0.2) is 40.2 Å². The summed E-state index contributed by atoms with van der Waals surface area (Å²) < 4.78 is 8.38. The van der Waals surface area contributed by atoms with E-state index < -0.39 is 0 Å². The van der Waals surface area contributed by atoms with Gasteiger partial charge in [0.1, 0.15) is 5.02 Å². The van der Waals surface area contributed by atoms with Crippen LogP contribution in [0.3, 0.4) is 0 Å². The molecule has 4 heterocycles. The molecule has 0 bridgehead atoms. The predicted molar refractivity (Wildman–Crippen MR) is 149 cm³/mol. The molecule has 3 aliphatic rings. The van der Waals surface area contributed by atoms with E-state index in [9.17, 15) is 9.59 Å². The second-order valence-electron chi connectivity index (χ2n) is 11.1. The minimum Gasteiger partial charge on any atom is -0.356 e. The van der Waals surface area contributed by atoms with Gasteiger partial charge in [-0.25, -0.2) is 4.68 Å². The average Bonchev–Trinajstić information content (AvgIpc) is 2.87. The number of aromatic nitrogens is 4. The van der Waals surface area contributed by atoms with Gasteiger partial charge >= 0.3 is 0 Å². The molecule has 2 saturated heterocycles. The molecular weight excluding hydrogens is 525 g/mol. The molecule has 1 aliphatic carbocycles. The van der Waals surface area contributed by atoms with Crippen LogP contribution in [0.25, 0.3) is 16.8 Å². The number of fused-ring (bicyclic) bond motifs is 1. The van der Waals surface area contributed by atoms with Crippen LogP contribution in [0, 0.1) is 11.3 Å². The van der Waals surface area contributed by atoms with Crippen LogP contribution in [0.1, 0.15) is 49.5 Å². The smallest absolute Gasteiger partial charge is 0.288 e. The summed E-state index contributed by atoms with van der Waals surface area (Å²) >= 11 is 12.7. The van der Waals surface area contributed by atoms with Crippen molar-refractivity contribution in [2.75, 3.05) is 26.2 Å². The summed E-state index contributed by atoms with van der Waals surface area (Å²) in [5, 5.41) is 10.6. The van der Waals surface area contributed by atoms with Gasteiger partial charge in [-0.2, -0.15) is 14.9 Å². The number of ether oxygens (including phenoxy) is 1. The third kappa shape index (κ3) is 4.72. The maximum Gasteiger partial charge on any atom is 0.288 e. The molecule has 1 unspecified atom stereocenters. The Morgan fingerprint density at radius 1 is 1.11 bits per heavy atom. The zero-order valence-electron chi connectivity index (χ0n) is 21.4. The van der Waals surface area contributed by atoms with E-state index in [2.05, 4.69) is 21.2 Å². The van der Waals surface area contributed by atoms with Crippen molar-refractivity contribution >= 4 is 40.1 Å². The van der Waals surface area contributed by atoms with Gasteiger partial charge in [0.2, 0.25) is 0 Å². The lowest BCUT2D eigenvalue weighted by Gasteiger charge is -2.59. The molecule has 3 aromatic rings. The first-order chi connectivity index (χ1) is 18.3. The molecule has 0 radical (unpaired) electrons. The normalized spacial score (nSPS) is 21.7. The third-order valence-corrected chi connectivity index (χ3v) is 8.98. The summed E-state index contributed by atoms with van der Waals surface area (Å²) in [6.07, 6.45) is 13.2. The highest BCUT2D eigenvalue weighted by Gasteiger charge is 2.51. The maximum absolute atomic E-state index is 12.7. The molecule has 6 rings (SSSR count). The van der Waals surface area contributed by atoms with Crippen molar-refractivity contribution < 1.29 is 4.74 Å². The Morgan fingerprint density at radius 3 is 2.68 bits per heavy atom. The van der Waals surface area contributed by atoms with Crippen LogP contribution in [-0.2, 0) is 18.2 Å². The highest BCUT2D eigenvalue weighted by molar-refractivity contribution is 6.35. The van der Waals surface area contributed by atoms with Gasteiger partial charge in [0, 0.05) is 44.2 Å². The Bertz CT molecular complexity index is 1510. The van der Waals surface area contributed by atoms with Crippen LogP contribution in [0.5, 0.6) is 0 Å². The second-order valence-corrected chi connectivity index (χ2v) is 11.9. The molecule has 0 amide bonds. The van der Waals surface area contributed by atoms with E-state index in [1.165, 1.54) is 22.2 Å². The predicted octanol–water partition coefficient (Wildman–Crippen LogP) is 4.46. The van der Waals surface area contributed by atoms with E-state index in [0.717, 1.165) is 56.3 Å². The van der Waals surface area contributed by atoms with Gasteiger partial charge in [0.25, 0.3) is 11.1 Å². The average molecular weight is 556 g/mol. The number of nitrogens with zero attached hydrogens (tertiary/aromatic N) is 5. The van der Waals surface area contributed by atoms with Crippen molar-refractivity contribution in [2.45, 2.75) is 44.8 Å². The second kappa shape index (κ2) is 10.2. The number of benzene rings is 1. The number of rotatable bonds is 6. The molecule has 38 heavy (non-hydrogen) atoms. The van der Waals surface area contributed by atoms with Gasteiger partial charge in [0.05, 0.1) is 22.8 Å². The van der Waals surface area contributed by atoms with Crippen LogP contribution in [-0.4, -0.2) is 50.7 Å². The number of hydrogen-bond donors (Lipinski definition) is 0. The molecule has 2 aromatic heterocycles. The van der Waals surface area contributed by atoms with E-state index in [1.54, 1.807) is 19.4 Å². The van der Waals surface area contributed by atoms with Crippen LogP contribution in [0.4, 0.5) is 0 Å². The fourth-order valence-electron chi connectivity index (χ4n) is 6.47. The standard InChI is InChI=1S/C28H31Cl2N5O3/c1-33-26(36)24-21(15-31-33)19(7-8-22(24)29)11-18-12-28(13-18)16-34(17-28)9-4-5-20-14-32-35(27(37)25(20)30)23-6-2-3-10-38-23/h4-5,7-8,14-15,18,23H,2-3,6,9-13,16-17H2,1H3/b5-4+. The van der Waals surface area contributed by atoms with Crippen molar-refractivity contribution in [1.82, 2.24) is 24.5 Å². The summed E-state index contributed by atoms with van der Waals surface area (Å²) in [5.41, 5.74) is 1.74. The first-order valence-electron chi connectivity index (χ1n) is 13.2. The minimum absolute atomic E-state index is 0.154. The zero-order chi connectivity index (χ0) is 26.4. The SMILES string of the molecule is Cn1ncc2c(CC3CC4(C3)CN(C/C=C/c3cnn(C5CCCCO5)c(=O)c3Cl)C4)ccc(Cl)c2c1=O. The van der Waals surface area contributed by atoms with E-state index >= 15 is 0 Å². The Morgan fingerprint density at radius 2 is 1.92 bits per heavy atom. The molecule has 200 valence electrons. The van der Waals surface area contributed by atoms with Crippen molar-refractivity contribution in [3.8, 4) is 0 Å². The Balaban J connectivity index is 1.02. The van der Waals surface area contributed by atoms with E-state index in [4.69, 9.17) is 27.9 Å². The van der Waals surface area contributed by atoms with Gasteiger partial charge in [0.15, 0.2) is 6.23 Å². The van der Waals surface area contributed by atoms with E-state index in [1.807, 2.05) is 18.2 Å². The summed E-state index contributed by atoms with van der Waals surface area (Å²) in [6.45, 7) is 3.61. The van der Waals surface area contributed by atoms with Crippen LogP contribution in [0.2, 0.25) is 10.0 Å². The highest BCUT2D eigenvalue weighted by atomic mass is 35.5. The first-order valence-corrected chi connectivity index (χ1v) is 14.0. The quantitative estimate of drug-likeness (QED) is 0.446. The van der Waals surface area contributed by atoms with Gasteiger partial charge in [-0.15, -0.1) is 0 Å². The summed E-state index contributed by atoms with van der Waals surface area (Å²) in [6, 6.07) is 3.87. The van der Waals surface area contributed by atoms with Crippen LogP contribution < -0.4 is 11.1 Å². The van der Waals surface area contributed by atoms with Crippen molar-refractivity contribution in [3.63, 3.8) is 0 Å². The molecule has 8 nitrogen and oxygen atoms in total. The third-order valence-electron chi connectivity index (χ3n) is 8.28. The van der Waals surface area contributed by atoms with Gasteiger partial charge in [-0.3, -0.25) is 14.5 Å². The molecule has 3 fully saturated rings. The summed E-state index contributed by atoms with van der Waals surface area (Å²) in [7, 11) is 1.65. The zero-order valence-corrected chi connectivity index (χ0v) is 22.9. The number of likely N-dealkylation sites (tertiary alicyclic amines) is 1. The van der Waals surface area contributed by atoms with Gasteiger partial charge in [-0.05, 0) is 61.5 Å². The van der Waals surface area contributed by atoms with E-state index in [-0.39, 0.29) is 22.4 Å². The Hall–Kier alpha value is -2.52. The Labute approximate surface area is 230 Å². The van der Waals surface area contributed by atoms with Crippen molar-refractivity contribution in [3.05, 3.63) is 72.5 Å². The van der Waals surface area contributed by atoms with Crippen LogP contribution >= 0.6 is 23.2 Å². The lowest BCUT2D eigenvalue weighted by Crippen LogP contribution is -2.62. The van der Waals surface area contributed by atoms with Gasteiger partial charge < -0.3 is 4.74 Å². The number of halogens is 2. The molecule has 1 aromatic carbocycles. The molecule has 1 atom stereocenters. The van der Waals surface area contributed by atoms with E-state index in [0.29, 0.717) is 33.9 Å². The molecule has 0 N–H and O–H groups in total. The largest absolute Gasteiger partial charge is 0.356 e.